The Hall–Kier alpha value is -1.28. The molecule has 1 heterocycles. The molecule has 0 fully saturated rings. The van der Waals surface area contributed by atoms with Gasteiger partial charge in [-0.2, -0.15) is 0 Å². The number of para-hydroxylation sites is 1. The molecule has 0 bridgehead atoms. The topological polar surface area (TPSA) is 25.2 Å². The van der Waals surface area contributed by atoms with Crippen molar-refractivity contribution in [2.24, 2.45) is 5.92 Å². The summed E-state index contributed by atoms with van der Waals surface area (Å²) >= 11 is 0. The number of nitrogens with one attached hydrogen (secondary N) is 1. The van der Waals surface area contributed by atoms with Crippen LogP contribution in [0.25, 0.3) is 11.0 Å². The second kappa shape index (κ2) is 5.79. The summed E-state index contributed by atoms with van der Waals surface area (Å²) in [6, 6.07) is 10.4. The van der Waals surface area contributed by atoms with Crippen LogP contribution in [0.5, 0.6) is 0 Å². The molecule has 0 atom stereocenters. The Balaban J connectivity index is 2.02. The van der Waals surface area contributed by atoms with Crippen molar-refractivity contribution < 1.29 is 4.42 Å². The molecule has 2 rings (SSSR count). The first-order valence-corrected chi connectivity index (χ1v) is 7.19. The Labute approximate surface area is 116 Å². The molecule has 104 valence electrons. The van der Waals surface area contributed by atoms with Crippen LogP contribution in [0, 0.1) is 5.92 Å². The lowest BCUT2D eigenvalue weighted by molar-refractivity contribution is 0.367. The van der Waals surface area contributed by atoms with Gasteiger partial charge in [-0.05, 0) is 37.6 Å². The Bertz CT molecular complexity index is 492. The van der Waals surface area contributed by atoms with Crippen LogP contribution in [0.3, 0.4) is 0 Å². The maximum absolute atomic E-state index is 5.98. The molecule has 2 aromatic rings. The molecule has 19 heavy (non-hydrogen) atoms. The van der Waals surface area contributed by atoms with Crippen molar-refractivity contribution in [2.45, 2.75) is 39.5 Å². The molecule has 1 aromatic carbocycles. The van der Waals surface area contributed by atoms with Crippen molar-refractivity contribution in [1.29, 1.82) is 0 Å². The van der Waals surface area contributed by atoms with Crippen LogP contribution in [0.15, 0.2) is 34.7 Å². The first kappa shape index (κ1) is 14.1. The van der Waals surface area contributed by atoms with Crippen molar-refractivity contribution >= 4 is 11.0 Å². The molecule has 0 saturated carbocycles. The number of hydrogen-bond donors (Lipinski definition) is 1. The van der Waals surface area contributed by atoms with Crippen molar-refractivity contribution in [3.63, 3.8) is 0 Å². The van der Waals surface area contributed by atoms with Gasteiger partial charge >= 0.3 is 0 Å². The predicted octanol–water partition coefficient (Wildman–Crippen LogP) is 4.35. The highest BCUT2D eigenvalue weighted by molar-refractivity contribution is 5.77. The van der Waals surface area contributed by atoms with Gasteiger partial charge in [-0.15, -0.1) is 0 Å². The van der Waals surface area contributed by atoms with Crippen LogP contribution in [0.2, 0.25) is 0 Å². The zero-order valence-electron chi connectivity index (χ0n) is 12.5. The first-order chi connectivity index (χ1) is 8.99. The van der Waals surface area contributed by atoms with Gasteiger partial charge in [0.25, 0.3) is 0 Å². The van der Waals surface area contributed by atoms with E-state index in [-0.39, 0.29) is 5.41 Å². The quantitative estimate of drug-likeness (QED) is 0.780. The van der Waals surface area contributed by atoms with Crippen molar-refractivity contribution in [2.75, 3.05) is 13.1 Å². The number of fused-ring (bicyclic) bond motifs is 1. The minimum Gasteiger partial charge on any atom is -0.461 e. The molecule has 0 amide bonds. The van der Waals surface area contributed by atoms with Gasteiger partial charge in [-0.3, -0.25) is 0 Å². The zero-order chi connectivity index (χ0) is 13.9. The van der Waals surface area contributed by atoms with E-state index in [2.05, 4.69) is 51.2 Å². The van der Waals surface area contributed by atoms with E-state index in [1.807, 2.05) is 12.1 Å². The molecule has 2 heteroatoms. The van der Waals surface area contributed by atoms with Crippen LogP contribution in [0.4, 0.5) is 0 Å². The summed E-state index contributed by atoms with van der Waals surface area (Å²) in [5, 5.41) is 4.70. The molecule has 2 nitrogen and oxygen atoms in total. The average Bonchev–Trinajstić information content (AvgIpc) is 2.79. The molecule has 0 spiro atoms. The fraction of sp³-hybridized carbons (Fsp3) is 0.529. The molecule has 0 aliphatic rings. The minimum absolute atomic E-state index is 0.0724. The van der Waals surface area contributed by atoms with E-state index in [1.165, 1.54) is 5.39 Å². The highest BCUT2D eigenvalue weighted by atomic mass is 16.3. The molecular weight excluding hydrogens is 234 g/mol. The summed E-state index contributed by atoms with van der Waals surface area (Å²) in [4.78, 5) is 0. The van der Waals surface area contributed by atoms with Gasteiger partial charge in [0.05, 0.1) is 0 Å². The fourth-order valence-electron chi connectivity index (χ4n) is 2.23. The Kier molecular flexibility index (Phi) is 4.31. The lowest BCUT2D eigenvalue weighted by Gasteiger charge is -2.22. The molecule has 1 aromatic heterocycles. The monoisotopic (exact) mass is 259 g/mol. The normalized spacial score (nSPS) is 12.5. The summed E-state index contributed by atoms with van der Waals surface area (Å²) < 4.78 is 5.98. The van der Waals surface area contributed by atoms with Crippen LogP contribution in [-0.4, -0.2) is 13.1 Å². The standard InChI is InChI=1S/C17H25NO/c1-13(2)12-18-10-9-17(3,4)16-11-14-7-5-6-8-15(14)19-16/h5-8,11,13,18H,9-10,12H2,1-4H3. The van der Waals surface area contributed by atoms with Gasteiger partial charge in [0.2, 0.25) is 0 Å². The number of rotatable bonds is 6. The smallest absolute Gasteiger partial charge is 0.134 e. The largest absolute Gasteiger partial charge is 0.461 e. The van der Waals surface area contributed by atoms with Gasteiger partial charge in [-0.1, -0.05) is 45.9 Å². The van der Waals surface area contributed by atoms with Crippen LogP contribution >= 0.6 is 0 Å². The molecule has 0 saturated heterocycles. The van der Waals surface area contributed by atoms with Gasteiger partial charge in [0.15, 0.2) is 0 Å². The molecule has 0 unspecified atom stereocenters. The maximum atomic E-state index is 5.98. The van der Waals surface area contributed by atoms with Crippen LogP contribution < -0.4 is 5.32 Å². The number of furan rings is 1. The highest BCUT2D eigenvalue weighted by Crippen LogP contribution is 2.31. The highest BCUT2D eigenvalue weighted by Gasteiger charge is 2.24. The summed E-state index contributed by atoms with van der Waals surface area (Å²) in [6.07, 6.45) is 1.08. The molecule has 1 N–H and O–H groups in total. The Morgan fingerprint density at radius 3 is 2.63 bits per heavy atom. The molecular formula is C17H25NO. The average molecular weight is 259 g/mol. The lowest BCUT2D eigenvalue weighted by Crippen LogP contribution is -2.27. The van der Waals surface area contributed by atoms with E-state index < -0.39 is 0 Å². The zero-order valence-corrected chi connectivity index (χ0v) is 12.5. The molecule has 0 aliphatic heterocycles. The third-order valence-corrected chi connectivity index (χ3v) is 3.57. The fourth-order valence-corrected chi connectivity index (χ4v) is 2.23. The number of benzene rings is 1. The summed E-state index contributed by atoms with van der Waals surface area (Å²) in [5.74, 6) is 1.79. The molecule has 0 radical (unpaired) electrons. The van der Waals surface area contributed by atoms with E-state index >= 15 is 0 Å². The van der Waals surface area contributed by atoms with Crippen molar-refractivity contribution in [3.8, 4) is 0 Å². The SMILES string of the molecule is CC(C)CNCCC(C)(C)c1cc2ccccc2o1. The first-order valence-electron chi connectivity index (χ1n) is 7.19. The predicted molar refractivity (Wildman–Crippen MR) is 81.6 cm³/mol. The van der Waals surface area contributed by atoms with Gasteiger partial charge in [-0.25, -0.2) is 0 Å². The van der Waals surface area contributed by atoms with E-state index in [4.69, 9.17) is 4.42 Å². The van der Waals surface area contributed by atoms with Crippen LogP contribution in [0.1, 0.15) is 39.9 Å². The second-order valence-corrected chi connectivity index (χ2v) is 6.38. The summed E-state index contributed by atoms with van der Waals surface area (Å²) in [5.41, 5.74) is 1.06. The molecule has 0 aliphatic carbocycles. The van der Waals surface area contributed by atoms with E-state index in [0.717, 1.165) is 30.9 Å². The second-order valence-electron chi connectivity index (χ2n) is 6.38. The number of hydrogen-bond acceptors (Lipinski definition) is 2. The van der Waals surface area contributed by atoms with Crippen molar-refractivity contribution in [1.82, 2.24) is 5.32 Å². The third-order valence-electron chi connectivity index (χ3n) is 3.57. The summed E-state index contributed by atoms with van der Waals surface area (Å²) in [7, 11) is 0. The van der Waals surface area contributed by atoms with Crippen LogP contribution in [-0.2, 0) is 5.41 Å². The Morgan fingerprint density at radius 2 is 1.95 bits per heavy atom. The van der Waals surface area contributed by atoms with Gasteiger partial charge in [0, 0.05) is 10.8 Å². The third kappa shape index (κ3) is 3.60. The van der Waals surface area contributed by atoms with E-state index in [9.17, 15) is 0 Å². The van der Waals surface area contributed by atoms with Gasteiger partial charge < -0.3 is 9.73 Å². The van der Waals surface area contributed by atoms with Crippen molar-refractivity contribution in [3.05, 3.63) is 36.1 Å². The Morgan fingerprint density at radius 1 is 1.21 bits per heavy atom. The maximum Gasteiger partial charge on any atom is 0.134 e. The lowest BCUT2D eigenvalue weighted by atomic mass is 9.86. The van der Waals surface area contributed by atoms with E-state index in [1.54, 1.807) is 0 Å². The summed E-state index contributed by atoms with van der Waals surface area (Å²) in [6.45, 7) is 11.1. The minimum atomic E-state index is 0.0724. The van der Waals surface area contributed by atoms with E-state index in [0.29, 0.717) is 5.92 Å². The van der Waals surface area contributed by atoms with Gasteiger partial charge in [0.1, 0.15) is 11.3 Å².